The minimum atomic E-state index is -0.902. The number of carboxylic acids is 1. The number of nitrogens with zero attached hydrogens (tertiary/aromatic N) is 1. The summed E-state index contributed by atoms with van der Waals surface area (Å²) in [6, 6.07) is 6.21. The van der Waals surface area contributed by atoms with Gasteiger partial charge in [0.25, 0.3) is 0 Å². The first kappa shape index (κ1) is 12.5. The number of aliphatic carboxylic acids is 1. The fourth-order valence-electron chi connectivity index (χ4n) is 2.10. The molecule has 0 saturated carbocycles. The predicted octanol–water partition coefficient (Wildman–Crippen LogP) is 1.65. The van der Waals surface area contributed by atoms with Crippen LogP contribution < -0.4 is 0 Å². The Morgan fingerprint density at radius 2 is 2.17 bits per heavy atom. The smallest absolute Gasteiger partial charge is 0.308 e. The molecule has 1 aromatic rings. The standard InChI is InChI=1S/C13H14FNO3/c14-11-4-2-1-3-9(11)7-15-8-10(13(17)18)5-6-12(15)16/h1-4,10H,5-8H2,(H,17,18)/t10-/m0/s1. The summed E-state index contributed by atoms with van der Waals surface area (Å²) in [5.41, 5.74) is 0.414. The minimum Gasteiger partial charge on any atom is -0.481 e. The van der Waals surface area contributed by atoms with Gasteiger partial charge in [0.1, 0.15) is 5.82 Å². The lowest BCUT2D eigenvalue weighted by molar-refractivity contribution is -0.147. The lowest BCUT2D eigenvalue weighted by atomic mass is 9.97. The first-order chi connectivity index (χ1) is 8.58. The van der Waals surface area contributed by atoms with E-state index in [1.165, 1.54) is 11.0 Å². The van der Waals surface area contributed by atoms with Crippen LogP contribution in [0.2, 0.25) is 0 Å². The summed E-state index contributed by atoms with van der Waals surface area (Å²) in [6.07, 6.45) is 0.577. The van der Waals surface area contributed by atoms with Gasteiger partial charge in [-0.15, -0.1) is 0 Å². The molecule has 1 N–H and O–H groups in total. The Kier molecular flexibility index (Phi) is 3.60. The SMILES string of the molecule is O=C(O)[C@H]1CCC(=O)N(Cc2ccccc2F)C1. The van der Waals surface area contributed by atoms with Crippen molar-refractivity contribution in [2.45, 2.75) is 19.4 Å². The number of carbonyl (C=O) groups is 2. The van der Waals surface area contributed by atoms with Crippen molar-refractivity contribution < 1.29 is 19.1 Å². The molecule has 2 rings (SSSR count). The van der Waals surface area contributed by atoms with Gasteiger partial charge in [-0.2, -0.15) is 0 Å². The van der Waals surface area contributed by atoms with Crippen LogP contribution in [0.1, 0.15) is 18.4 Å². The van der Waals surface area contributed by atoms with E-state index >= 15 is 0 Å². The maximum atomic E-state index is 13.5. The van der Waals surface area contributed by atoms with Crippen molar-refractivity contribution in [3.05, 3.63) is 35.6 Å². The molecule has 1 aromatic carbocycles. The van der Waals surface area contributed by atoms with Crippen LogP contribution in [-0.2, 0) is 16.1 Å². The molecule has 0 bridgehead atoms. The molecule has 1 aliphatic heterocycles. The first-order valence-corrected chi connectivity index (χ1v) is 5.82. The topological polar surface area (TPSA) is 57.6 Å². The van der Waals surface area contributed by atoms with Crippen LogP contribution in [0, 0.1) is 11.7 Å². The van der Waals surface area contributed by atoms with Crippen molar-refractivity contribution in [3.63, 3.8) is 0 Å². The number of benzene rings is 1. The number of hydrogen-bond donors (Lipinski definition) is 1. The number of piperidine rings is 1. The number of carboxylic acid groups (broad SMARTS) is 1. The number of amides is 1. The van der Waals surface area contributed by atoms with Gasteiger partial charge in [-0.05, 0) is 12.5 Å². The lowest BCUT2D eigenvalue weighted by Gasteiger charge is -2.30. The highest BCUT2D eigenvalue weighted by Crippen LogP contribution is 2.20. The van der Waals surface area contributed by atoms with Crippen LogP contribution in [-0.4, -0.2) is 28.4 Å². The van der Waals surface area contributed by atoms with Crippen molar-refractivity contribution in [1.29, 1.82) is 0 Å². The molecule has 1 fully saturated rings. The summed E-state index contributed by atoms with van der Waals surface area (Å²) < 4.78 is 13.5. The average molecular weight is 251 g/mol. The van der Waals surface area contributed by atoms with Crippen LogP contribution in [0.4, 0.5) is 4.39 Å². The minimum absolute atomic E-state index is 0.115. The largest absolute Gasteiger partial charge is 0.481 e. The first-order valence-electron chi connectivity index (χ1n) is 5.82. The molecule has 0 radical (unpaired) electrons. The molecule has 0 unspecified atom stereocenters. The van der Waals surface area contributed by atoms with E-state index in [0.29, 0.717) is 12.0 Å². The summed E-state index contributed by atoms with van der Waals surface area (Å²) in [4.78, 5) is 24.0. The van der Waals surface area contributed by atoms with Gasteiger partial charge in [0.2, 0.25) is 5.91 Å². The molecule has 0 aromatic heterocycles. The van der Waals surface area contributed by atoms with Crippen molar-refractivity contribution in [2.24, 2.45) is 5.92 Å². The Bertz CT molecular complexity index is 475. The molecule has 18 heavy (non-hydrogen) atoms. The van der Waals surface area contributed by atoms with Crippen LogP contribution in [0.3, 0.4) is 0 Å². The molecular formula is C13H14FNO3. The number of rotatable bonds is 3. The Morgan fingerprint density at radius 1 is 1.44 bits per heavy atom. The fraction of sp³-hybridized carbons (Fsp3) is 0.385. The summed E-state index contributed by atoms with van der Waals surface area (Å²) in [7, 11) is 0. The molecule has 1 heterocycles. The van der Waals surface area contributed by atoms with E-state index in [9.17, 15) is 14.0 Å². The van der Waals surface area contributed by atoms with E-state index in [-0.39, 0.29) is 31.2 Å². The Labute approximate surface area is 104 Å². The van der Waals surface area contributed by atoms with Crippen molar-refractivity contribution in [1.82, 2.24) is 4.90 Å². The van der Waals surface area contributed by atoms with Gasteiger partial charge in [-0.3, -0.25) is 9.59 Å². The third kappa shape index (κ3) is 2.67. The maximum absolute atomic E-state index is 13.5. The van der Waals surface area contributed by atoms with E-state index in [0.717, 1.165) is 0 Å². The van der Waals surface area contributed by atoms with Crippen LogP contribution in [0.5, 0.6) is 0 Å². The summed E-state index contributed by atoms with van der Waals surface area (Å²) >= 11 is 0. The molecule has 5 heteroatoms. The van der Waals surface area contributed by atoms with Gasteiger partial charge in [0, 0.05) is 25.1 Å². The third-order valence-electron chi connectivity index (χ3n) is 3.17. The quantitative estimate of drug-likeness (QED) is 0.888. The third-order valence-corrected chi connectivity index (χ3v) is 3.17. The van der Waals surface area contributed by atoms with Crippen LogP contribution in [0.15, 0.2) is 24.3 Å². The van der Waals surface area contributed by atoms with Crippen LogP contribution in [0.25, 0.3) is 0 Å². The highest BCUT2D eigenvalue weighted by molar-refractivity contribution is 5.80. The van der Waals surface area contributed by atoms with Gasteiger partial charge < -0.3 is 10.0 Å². The second kappa shape index (κ2) is 5.16. The number of hydrogen-bond acceptors (Lipinski definition) is 2. The number of likely N-dealkylation sites (tertiary alicyclic amines) is 1. The second-order valence-corrected chi connectivity index (χ2v) is 4.44. The molecule has 4 nitrogen and oxygen atoms in total. The summed E-state index contributed by atoms with van der Waals surface area (Å²) in [5.74, 6) is -1.94. The molecule has 0 spiro atoms. The normalized spacial score (nSPS) is 19.9. The van der Waals surface area contributed by atoms with Gasteiger partial charge in [0.05, 0.1) is 5.92 Å². The van der Waals surface area contributed by atoms with Crippen molar-refractivity contribution in [2.75, 3.05) is 6.54 Å². The van der Waals surface area contributed by atoms with E-state index in [2.05, 4.69) is 0 Å². The molecule has 1 amide bonds. The van der Waals surface area contributed by atoms with E-state index in [1.54, 1.807) is 18.2 Å². The molecule has 1 aliphatic rings. The van der Waals surface area contributed by atoms with E-state index in [4.69, 9.17) is 5.11 Å². The van der Waals surface area contributed by atoms with E-state index < -0.39 is 11.9 Å². The fourth-order valence-corrected chi connectivity index (χ4v) is 2.10. The van der Waals surface area contributed by atoms with Gasteiger partial charge in [-0.25, -0.2) is 4.39 Å². The van der Waals surface area contributed by atoms with Crippen molar-refractivity contribution in [3.8, 4) is 0 Å². The predicted molar refractivity (Wildman–Crippen MR) is 62.2 cm³/mol. The Hall–Kier alpha value is -1.91. The molecule has 96 valence electrons. The monoisotopic (exact) mass is 251 g/mol. The number of carbonyl (C=O) groups excluding carboxylic acids is 1. The molecule has 1 atom stereocenters. The van der Waals surface area contributed by atoms with Crippen molar-refractivity contribution >= 4 is 11.9 Å². The van der Waals surface area contributed by atoms with Gasteiger partial charge in [-0.1, -0.05) is 18.2 Å². The lowest BCUT2D eigenvalue weighted by Crippen LogP contribution is -2.42. The van der Waals surface area contributed by atoms with Gasteiger partial charge in [0.15, 0.2) is 0 Å². The molecule has 1 saturated heterocycles. The zero-order valence-corrected chi connectivity index (χ0v) is 9.80. The average Bonchev–Trinajstić information content (AvgIpc) is 2.34. The maximum Gasteiger partial charge on any atom is 0.308 e. The molecule has 0 aliphatic carbocycles. The zero-order valence-electron chi connectivity index (χ0n) is 9.80. The van der Waals surface area contributed by atoms with Crippen LogP contribution >= 0.6 is 0 Å². The Balaban J connectivity index is 2.10. The number of halogens is 1. The summed E-state index contributed by atoms with van der Waals surface area (Å²) in [5, 5.41) is 8.95. The zero-order chi connectivity index (χ0) is 13.1. The molecular weight excluding hydrogens is 237 g/mol. The van der Waals surface area contributed by atoms with Gasteiger partial charge >= 0.3 is 5.97 Å². The Morgan fingerprint density at radius 3 is 2.83 bits per heavy atom. The second-order valence-electron chi connectivity index (χ2n) is 4.44. The highest BCUT2D eigenvalue weighted by atomic mass is 19.1. The van der Waals surface area contributed by atoms with E-state index in [1.807, 2.05) is 0 Å². The summed E-state index contributed by atoms with van der Waals surface area (Å²) in [6.45, 7) is 0.289. The highest BCUT2D eigenvalue weighted by Gasteiger charge is 2.30.